The third kappa shape index (κ3) is 5.46. The van der Waals surface area contributed by atoms with Crippen molar-refractivity contribution in [1.82, 2.24) is 10.6 Å². The molecule has 1 aliphatic carbocycles. The minimum absolute atomic E-state index is 0.0709. The first-order chi connectivity index (χ1) is 17.4. The molecule has 1 saturated carbocycles. The second-order valence-corrected chi connectivity index (χ2v) is 8.82. The summed E-state index contributed by atoms with van der Waals surface area (Å²) in [6.45, 7) is 0. The number of ether oxygens (including phenoxy) is 1. The molecule has 36 heavy (non-hydrogen) atoms. The number of carboxylic acids is 1. The molecule has 184 valence electrons. The van der Waals surface area contributed by atoms with E-state index in [9.17, 15) is 19.5 Å². The Bertz CT molecular complexity index is 1260. The average Bonchev–Trinajstić information content (AvgIpc) is 3.35. The monoisotopic (exact) mass is 484 g/mol. The van der Waals surface area contributed by atoms with Gasteiger partial charge >= 0.3 is 5.97 Å². The molecule has 0 bridgehead atoms. The topological polar surface area (TPSA) is 105 Å². The summed E-state index contributed by atoms with van der Waals surface area (Å²) in [7, 11) is 1.57. The lowest BCUT2D eigenvalue weighted by Gasteiger charge is -2.25. The molecule has 7 nitrogen and oxygen atoms in total. The molecule has 3 N–H and O–H groups in total. The van der Waals surface area contributed by atoms with Crippen LogP contribution in [0, 0.1) is 0 Å². The van der Waals surface area contributed by atoms with Gasteiger partial charge in [-0.3, -0.25) is 14.4 Å². The van der Waals surface area contributed by atoms with Crippen molar-refractivity contribution in [3.63, 3.8) is 0 Å². The van der Waals surface area contributed by atoms with Crippen LogP contribution in [0.15, 0.2) is 90.6 Å². The van der Waals surface area contributed by atoms with Crippen LogP contribution < -0.4 is 15.4 Å². The summed E-state index contributed by atoms with van der Waals surface area (Å²) < 4.78 is 5.19. The molecule has 0 aliphatic heterocycles. The summed E-state index contributed by atoms with van der Waals surface area (Å²) in [5.41, 5.74) is 0.847. The van der Waals surface area contributed by atoms with Crippen LogP contribution in [0.1, 0.15) is 40.7 Å². The largest absolute Gasteiger partial charge is 0.497 e. The van der Waals surface area contributed by atoms with Crippen molar-refractivity contribution in [3.8, 4) is 5.75 Å². The van der Waals surface area contributed by atoms with E-state index in [2.05, 4.69) is 10.6 Å². The van der Waals surface area contributed by atoms with E-state index in [1.54, 1.807) is 67.8 Å². The molecule has 1 fully saturated rings. The quantitative estimate of drug-likeness (QED) is 0.417. The van der Waals surface area contributed by atoms with E-state index in [-0.39, 0.29) is 18.2 Å². The maximum Gasteiger partial charge on any atom is 0.314 e. The molecule has 2 amide bonds. The highest BCUT2D eigenvalue weighted by Crippen LogP contribution is 2.41. The zero-order valence-corrected chi connectivity index (χ0v) is 19.9. The van der Waals surface area contributed by atoms with Crippen molar-refractivity contribution < 1.29 is 24.2 Å². The van der Waals surface area contributed by atoms with Crippen molar-refractivity contribution in [2.24, 2.45) is 0 Å². The molecule has 0 heterocycles. The minimum atomic E-state index is -1.06. The number of nitrogens with one attached hydrogen (secondary N) is 2. The Morgan fingerprint density at radius 1 is 0.944 bits per heavy atom. The van der Waals surface area contributed by atoms with Crippen LogP contribution in [0.4, 0.5) is 0 Å². The van der Waals surface area contributed by atoms with Crippen LogP contribution in [0.5, 0.6) is 5.75 Å². The van der Waals surface area contributed by atoms with Crippen LogP contribution in [0.25, 0.3) is 6.08 Å². The summed E-state index contributed by atoms with van der Waals surface area (Å²) in [4.78, 5) is 38.5. The molecule has 3 aromatic rings. The molecule has 0 aromatic heterocycles. The number of hydrogen-bond acceptors (Lipinski definition) is 4. The lowest BCUT2D eigenvalue weighted by atomic mass is 9.79. The Labute approximate surface area is 209 Å². The van der Waals surface area contributed by atoms with E-state index < -0.39 is 23.2 Å². The lowest BCUT2D eigenvalue weighted by Crippen LogP contribution is -2.41. The van der Waals surface area contributed by atoms with E-state index in [0.29, 0.717) is 29.7 Å². The maximum absolute atomic E-state index is 13.3. The van der Waals surface area contributed by atoms with Crippen LogP contribution >= 0.6 is 0 Å². The van der Waals surface area contributed by atoms with Gasteiger partial charge in [0.05, 0.1) is 12.5 Å². The van der Waals surface area contributed by atoms with Gasteiger partial charge in [0.2, 0.25) is 0 Å². The molecule has 0 spiro atoms. The van der Waals surface area contributed by atoms with Gasteiger partial charge in [0.15, 0.2) is 0 Å². The highest BCUT2D eigenvalue weighted by atomic mass is 16.5. The zero-order valence-electron chi connectivity index (χ0n) is 19.9. The molecule has 0 radical (unpaired) electrons. The van der Waals surface area contributed by atoms with Crippen LogP contribution in [0.3, 0.4) is 0 Å². The number of methoxy groups -OCH3 is 1. The summed E-state index contributed by atoms with van der Waals surface area (Å²) in [5.74, 6) is -1.13. The zero-order chi connectivity index (χ0) is 25.5. The van der Waals surface area contributed by atoms with Gasteiger partial charge in [0.1, 0.15) is 11.4 Å². The summed E-state index contributed by atoms with van der Waals surface area (Å²) in [6, 6.07) is 24.5. The number of carboxylic acid groups (broad SMARTS) is 1. The van der Waals surface area contributed by atoms with Crippen LogP contribution in [-0.4, -0.2) is 36.0 Å². The van der Waals surface area contributed by atoms with E-state index in [4.69, 9.17) is 4.74 Å². The third-order valence-corrected chi connectivity index (χ3v) is 6.54. The SMILES string of the molecule is COc1ccc(C=C(NC(=O)c2ccccc2)C(=O)NC2CCC(C(=O)O)(c3ccccc3)C2)cc1. The number of amides is 2. The molecular weight excluding hydrogens is 456 g/mol. The Morgan fingerprint density at radius 2 is 1.58 bits per heavy atom. The van der Waals surface area contributed by atoms with Gasteiger partial charge in [-0.2, -0.15) is 0 Å². The standard InChI is InChI=1S/C29H28N2O5/c1-36-24-14-12-20(13-15-24)18-25(31-26(32)21-8-4-2-5-9-21)27(33)30-23-16-17-29(19-23,28(34)35)22-10-6-3-7-11-22/h2-15,18,23H,16-17,19H2,1H3,(H,30,33)(H,31,32)(H,34,35). The predicted octanol–water partition coefficient (Wildman–Crippen LogP) is 4.16. The summed E-state index contributed by atoms with van der Waals surface area (Å²) in [5, 5.41) is 15.7. The number of aliphatic carboxylic acids is 1. The van der Waals surface area contributed by atoms with E-state index in [0.717, 1.165) is 5.56 Å². The predicted molar refractivity (Wildman–Crippen MR) is 136 cm³/mol. The number of benzene rings is 3. The lowest BCUT2D eigenvalue weighted by molar-refractivity contribution is -0.143. The van der Waals surface area contributed by atoms with Crippen molar-refractivity contribution in [1.29, 1.82) is 0 Å². The van der Waals surface area contributed by atoms with Gasteiger partial charge < -0.3 is 20.5 Å². The normalized spacial score (nSPS) is 19.4. The van der Waals surface area contributed by atoms with Crippen LogP contribution in [-0.2, 0) is 15.0 Å². The highest BCUT2D eigenvalue weighted by molar-refractivity contribution is 6.05. The van der Waals surface area contributed by atoms with Gasteiger partial charge in [-0.05, 0) is 60.7 Å². The van der Waals surface area contributed by atoms with Crippen molar-refractivity contribution in [2.75, 3.05) is 7.11 Å². The van der Waals surface area contributed by atoms with Gasteiger partial charge in [0, 0.05) is 11.6 Å². The second-order valence-electron chi connectivity index (χ2n) is 8.82. The molecule has 1 aliphatic rings. The molecule has 2 unspecified atom stereocenters. The first-order valence-corrected chi connectivity index (χ1v) is 11.7. The Balaban J connectivity index is 1.56. The van der Waals surface area contributed by atoms with Crippen molar-refractivity contribution >= 4 is 23.9 Å². The molecule has 3 aromatic carbocycles. The van der Waals surface area contributed by atoms with Gasteiger partial charge in [-0.1, -0.05) is 60.7 Å². The average molecular weight is 485 g/mol. The number of carbonyl (C=O) groups is 3. The smallest absolute Gasteiger partial charge is 0.314 e. The molecule has 7 heteroatoms. The van der Waals surface area contributed by atoms with Crippen molar-refractivity contribution in [3.05, 3.63) is 107 Å². The number of hydrogen-bond donors (Lipinski definition) is 3. The fourth-order valence-electron chi connectivity index (χ4n) is 4.58. The van der Waals surface area contributed by atoms with E-state index in [1.165, 1.54) is 0 Å². The first kappa shape index (κ1) is 24.7. The molecule has 2 atom stereocenters. The molecule has 4 rings (SSSR count). The van der Waals surface area contributed by atoms with Gasteiger partial charge in [0.25, 0.3) is 11.8 Å². The Kier molecular flexibility index (Phi) is 7.49. The Hall–Kier alpha value is -4.39. The fourth-order valence-corrected chi connectivity index (χ4v) is 4.58. The minimum Gasteiger partial charge on any atom is -0.497 e. The van der Waals surface area contributed by atoms with Crippen LogP contribution in [0.2, 0.25) is 0 Å². The summed E-state index contributed by atoms with van der Waals surface area (Å²) in [6.07, 6.45) is 2.77. The second kappa shape index (κ2) is 10.9. The maximum atomic E-state index is 13.3. The van der Waals surface area contributed by atoms with Gasteiger partial charge in [-0.25, -0.2) is 0 Å². The van der Waals surface area contributed by atoms with Gasteiger partial charge in [-0.15, -0.1) is 0 Å². The molecular formula is C29H28N2O5. The summed E-state index contributed by atoms with van der Waals surface area (Å²) >= 11 is 0. The first-order valence-electron chi connectivity index (χ1n) is 11.7. The van der Waals surface area contributed by atoms with E-state index >= 15 is 0 Å². The number of rotatable bonds is 8. The van der Waals surface area contributed by atoms with Crippen molar-refractivity contribution in [2.45, 2.75) is 30.7 Å². The third-order valence-electron chi connectivity index (χ3n) is 6.54. The molecule has 0 saturated heterocycles. The fraction of sp³-hybridized carbons (Fsp3) is 0.207. The number of carbonyl (C=O) groups excluding carboxylic acids is 2. The highest BCUT2D eigenvalue weighted by Gasteiger charge is 2.47. The Morgan fingerprint density at radius 3 is 2.19 bits per heavy atom. The van der Waals surface area contributed by atoms with E-state index in [1.807, 2.05) is 30.3 Å².